The van der Waals surface area contributed by atoms with Crippen LogP contribution in [0.4, 0.5) is 0 Å². The molecule has 2 N–H and O–H groups in total. The summed E-state index contributed by atoms with van der Waals surface area (Å²) in [5.41, 5.74) is 0.454. The molecule has 1 amide bonds. The smallest absolute Gasteiger partial charge is 0.221 e. The van der Waals surface area contributed by atoms with E-state index < -0.39 is 0 Å². The third-order valence-electron chi connectivity index (χ3n) is 4.11. The molecule has 1 aliphatic rings. The second-order valence-corrected chi connectivity index (χ2v) is 6.74. The average Bonchev–Trinajstić information content (AvgIpc) is 2.51. The van der Waals surface area contributed by atoms with Gasteiger partial charge in [0, 0.05) is 25.0 Å². The molecule has 3 heteroatoms. The van der Waals surface area contributed by atoms with Crippen LogP contribution in [0.25, 0.3) is 0 Å². The number of amides is 1. The van der Waals surface area contributed by atoms with E-state index in [1.807, 2.05) is 6.92 Å². The molecule has 3 unspecified atom stereocenters. The van der Waals surface area contributed by atoms with E-state index in [-0.39, 0.29) is 5.91 Å². The summed E-state index contributed by atoms with van der Waals surface area (Å²) in [4.78, 5) is 11.6. The Morgan fingerprint density at radius 3 is 2.56 bits per heavy atom. The second-order valence-electron chi connectivity index (χ2n) is 6.74. The maximum absolute atomic E-state index is 11.6. The van der Waals surface area contributed by atoms with Gasteiger partial charge in [0.25, 0.3) is 0 Å². The minimum absolute atomic E-state index is 0.168. The summed E-state index contributed by atoms with van der Waals surface area (Å²) in [5.74, 6) is 0.888. The molecular weight excluding hydrogens is 224 g/mol. The van der Waals surface area contributed by atoms with Crippen LogP contribution in [0, 0.1) is 11.3 Å². The standard InChI is InChI=1S/C15H30N2O/c1-6-12(3)17-14(18)7-8-16-13-10-15(4,5)9-11(13)2/h11-13,16H,6-10H2,1-5H3,(H,17,18). The van der Waals surface area contributed by atoms with Crippen molar-refractivity contribution in [2.45, 2.75) is 72.4 Å². The van der Waals surface area contributed by atoms with Crippen molar-refractivity contribution in [3.63, 3.8) is 0 Å². The molecule has 0 aromatic heterocycles. The molecule has 1 aliphatic carbocycles. The molecule has 0 saturated heterocycles. The van der Waals surface area contributed by atoms with Gasteiger partial charge in [-0.15, -0.1) is 0 Å². The summed E-state index contributed by atoms with van der Waals surface area (Å²) in [6.07, 6.45) is 4.09. The van der Waals surface area contributed by atoms with Crippen LogP contribution in [-0.2, 0) is 4.79 Å². The molecule has 0 spiro atoms. The van der Waals surface area contributed by atoms with E-state index in [4.69, 9.17) is 0 Å². The van der Waals surface area contributed by atoms with E-state index in [1.165, 1.54) is 12.8 Å². The SMILES string of the molecule is CCC(C)NC(=O)CCNC1CC(C)(C)CC1C. The van der Waals surface area contributed by atoms with Gasteiger partial charge in [0.05, 0.1) is 0 Å². The Hall–Kier alpha value is -0.570. The van der Waals surface area contributed by atoms with E-state index in [1.54, 1.807) is 0 Å². The van der Waals surface area contributed by atoms with E-state index in [0.29, 0.717) is 23.9 Å². The fraction of sp³-hybridized carbons (Fsp3) is 0.933. The lowest BCUT2D eigenvalue weighted by atomic mass is 9.91. The normalized spacial score (nSPS) is 28.1. The third kappa shape index (κ3) is 4.97. The molecule has 1 rings (SSSR count). The first-order valence-electron chi connectivity index (χ1n) is 7.37. The third-order valence-corrected chi connectivity index (χ3v) is 4.11. The fourth-order valence-electron chi connectivity index (χ4n) is 2.99. The van der Waals surface area contributed by atoms with Crippen LogP contribution in [0.5, 0.6) is 0 Å². The Bertz CT molecular complexity index is 276. The number of carbonyl (C=O) groups excluding carboxylic acids is 1. The molecule has 1 saturated carbocycles. The van der Waals surface area contributed by atoms with Gasteiger partial charge in [0.1, 0.15) is 0 Å². The summed E-state index contributed by atoms with van der Waals surface area (Å²) in [7, 11) is 0. The van der Waals surface area contributed by atoms with Gasteiger partial charge in [-0.3, -0.25) is 4.79 Å². The monoisotopic (exact) mass is 254 g/mol. The van der Waals surface area contributed by atoms with Crippen molar-refractivity contribution in [1.29, 1.82) is 0 Å². The van der Waals surface area contributed by atoms with E-state index >= 15 is 0 Å². The largest absolute Gasteiger partial charge is 0.354 e. The highest BCUT2D eigenvalue weighted by molar-refractivity contribution is 5.76. The van der Waals surface area contributed by atoms with Gasteiger partial charge >= 0.3 is 0 Å². The zero-order valence-corrected chi connectivity index (χ0v) is 12.7. The van der Waals surface area contributed by atoms with Crippen molar-refractivity contribution in [3.05, 3.63) is 0 Å². The Balaban J connectivity index is 2.20. The lowest BCUT2D eigenvalue weighted by molar-refractivity contribution is -0.121. The molecule has 18 heavy (non-hydrogen) atoms. The Labute approximate surface area is 112 Å². The van der Waals surface area contributed by atoms with Crippen molar-refractivity contribution >= 4 is 5.91 Å². The Morgan fingerprint density at radius 1 is 1.39 bits per heavy atom. The predicted molar refractivity (Wildman–Crippen MR) is 76.5 cm³/mol. The molecule has 0 radical (unpaired) electrons. The molecule has 3 nitrogen and oxygen atoms in total. The van der Waals surface area contributed by atoms with Crippen molar-refractivity contribution in [1.82, 2.24) is 10.6 Å². The maximum atomic E-state index is 11.6. The number of hydrogen-bond donors (Lipinski definition) is 2. The molecule has 0 aromatic rings. The minimum atomic E-state index is 0.168. The van der Waals surface area contributed by atoms with Crippen LogP contribution in [0.1, 0.15) is 60.3 Å². The first-order valence-corrected chi connectivity index (χ1v) is 7.37. The van der Waals surface area contributed by atoms with Crippen LogP contribution in [0.3, 0.4) is 0 Å². The zero-order valence-electron chi connectivity index (χ0n) is 12.7. The quantitative estimate of drug-likeness (QED) is 0.765. The second kappa shape index (κ2) is 6.55. The van der Waals surface area contributed by atoms with Gasteiger partial charge < -0.3 is 10.6 Å². The van der Waals surface area contributed by atoms with Crippen LogP contribution in [0.2, 0.25) is 0 Å². The molecule has 3 atom stereocenters. The number of nitrogens with one attached hydrogen (secondary N) is 2. The van der Waals surface area contributed by atoms with Gasteiger partial charge in [-0.05, 0) is 37.5 Å². The highest BCUT2D eigenvalue weighted by atomic mass is 16.1. The maximum Gasteiger partial charge on any atom is 0.221 e. The number of rotatable bonds is 6. The average molecular weight is 254 g/mol. The molecule has 1 fully saturated rings. The predicted octanol–water partition coefficient (Wildman–Crippen LogP) is 2.71. The first-order chi connectivity index (χ1) is 8.34. The van der Waals surface area contributed by atoms with E-state index in [2.05, 4.69) is 38.3 Å². The van der Waals surface area contributed by atoms with Gasteiger partial charge in [0.2, 0.25) is 5.91 Å². The van der Waals surface area contributed by atoms with Gasteiger partial charge in [-0.2, -0.15) is 0 Å². The first kappa shape index (κ1) is 15.5. The summed E-state index contributed by atoms with van der Waals surface area (Å²) in [5, 5.41) is 6.55. The van der Waals surface area contributed by atoms with Crippen LogP contribution < -0.4 is 10.6 Å². The highest BCUT2D eigenvalue weighted by Gasteiger charge is 2.36. The molecule has 0 bridgehead atoms. The number of carbonyl (C=O) groups is 1. The molecular formula is C15H30N2O. The lowest BCUT2D eigenvalue weighted by Crippen LogP contribution is -2.37. The van der Waals surface area contributed by atoms with E-state index in [9.17, 15) is 4.79 Å². The molecule has 106 valence electrons. The molecule has 0 heterocycles. The summed E-state index contributed by atoms with van der Waals surface area (Å²) in [6.45, 7) is 11.9. The van der Waals surface area contributed by atoms with Crippen molar-refractivity contribution < 1.29 is 4.79 Å². The van der Waals surface area contributed by atoms with Gasteiger partial charge in [0.15, 0.2) is 0 Å². The topological polar surface area (TPSA) is 41.1 Å². The lowest BCUT2D eigenvalue weighted by Gasteiger charge is -2.19. The van der Waals surface area contributed by atoms with Crippen molar-refractivity contribution in [2.24, 2.45) is 11.3 Å². The van der Waals surface area contributed by atoms with E-state index in [0.717, 1.165) is 18.9 Å². The van der Waals surface area contributed by atoms with Crippen LogP contribution >= 0.6 is 0 Å². The molecule has 0 aliphatic heterocycles. The Morgan fingerprint density at radius 2 is 2.06 bits per heavy atom. The fourth-order valence-corrected chi connectivity index (χ4v) is 2.99. The van der Waals surface area contributed by atoms with Crippen LogP contribution in [0.15, 0.2) is 0 Å². The summed E-state index contributed by atoms with van der Waals surface area (Å²) >= 11 is 0. The van der Waals surface area contributed by atoms with Crippen LogP contribution in [-0.4, -0.2) is 24.5 Å². The van der Waals surface area contributed by atoms with Crippen molar-refractivity contribution in [3.8, 4) is 0 Å². The summed E-state index contributed by atoms with van der Waals surface area (Å²) in [6, 6.07) is 0.873. The minimum Gasteiger partial charge on any atom is -0.354 e. The summed E-state index contributed by atoms with van der Waals surface area (Å²) < 4.78 is 0. The Kier molecular flexibility index (Phi) is 5.64. The van der Waals surface area contributed by atoms with Gasteiger partial charge in [-0.25, -0.2) is 0 Å². The van der Waals surface area contributed by atoms with Crippen molar-refractivity contribution in [2.75, 3.05) is 6.54 Å². The highest BCUT2D eigenvalue weighted by Crippen LogP contribution is 2.40. The van der Waals surface area contributed by atoms with Gasteiger partial charge in [-0.1, -0.05) is 27.7 Å². The molecule has 0 aromatic carbocycles. The number of hydrogen-bond acceptors (Lipinski definition) is 2. The zero-order chi connectivity index (χ0) is 13.8.